The Morgan fingerprint density at radius 1 is 1.03 bits per heavy atom. The highest BCUT2D eigenvalue weighted by atomic mass is 16.6. The molecule has 0 bridgehead atoms. The second-order valence-electron chi connectivity index (χ2n) is 11.1. The fraction of sp³-hybridized carbons (Fsp3) is 0.219. The number of nitro benzene ring substituents is 1. The highest BCUT2D eigenvalue weighted by Crippen LogP contribution is 2.36. The van der Waals surface area contributed by atoms with Gasteiger partial charge in [0.05, 0.1) is 15.8 Å². The lowest BCUT2D eigenvalue weighted by atomic mass is 9.76. The maximum Gasteiger partial charge on any atom is 0.273 e. The second-order valence-corrected chi connectivity index (χ2v) is 11.1. The van der Waals surface area contributed by atoms with Gasteiger partial charge in [0.25, 0.3) is 5.69 Å². The number of aromatic nitrogens is 1. The Morgan fingerprint density at radius 2 is 1.82 bits per heavy atom. The molecule has 190 valence electrons. The molecule has 2 aromatic heterocycles. The van der Waals surface area contributed by atoms with E-state index in [1.807, 2.05) is 43.3 Å². The molecule has 0 aliphatic heterocycles. The van der Waals surface area contributed by atoms with E-state index in [-0.39, 0.29) is 16.0 Å². The van der Waals surface area contributed by atoms with Gasteiger partial charge in [-0.25, -0.2) is 4.98 Å². The molecule has 6 rings (SSSR count). The largest absolute Gasteiger partial charge is 0.512 e. The van der Waals surface area contributed by atoms with Crippen molar-refractivity contribution < 1.29 is 14.4 Å². The maximum absolute atomic E-state index is 11.5. The summed E-state index contributed by atoms with van der Waals surface area (Å²) in [6.45, 7) is 8.00. The maximum atomic E-state index is 11.5. The van der Waals surface area contributed by atoms with Crippen molar-refractivity contribution in [1.29, 1.82) is 0 Å². The number of nitro groups is 1. The van der Waals surface area contributed by atoms with Crippen LogP contribution in [0, 0.1) is 29.4 Å². The molecule has 1 aliphatic rings. The predicted octanol–water partition coefficient (Wildman–Crippen LogP) is 6.64. The van der Waals surface area contributed by atoms with Gasteiger partial charge in [0, 0.05) is 40.3 Å². The minimum Gasteiger partial charge on any atom is -0.512 e. The van der Waals surface area contributed by atoms with Crippen LogP contribution in [0.5, 0.6) is 0 Å². The van der Waals surface area contributed by atoms with E-state index in [9.17, 15) is 15.2 Å². The van der Waals surface area contributed by atoms with Gasteiger partial charge in [0.15, 0.2) is 0 Å². The lowest BCUT2D eigenvalue weighted by Gasteiger charge is -2.30. The van der Waals surface area contributed by atoms with Crippen LogP contribution in [0.4, 0.5) is 5.69 Å². The standard InChI is InChI=1S/C32H28N2O4/c1-18-13-19(2)27(34(36)37)15-23(18)29-12-10-21(38-29)14-26-31-24(16-32(3,4)17-28(31)35)30-22-8-6-5-7-20(22)9-11-25(30)33-26/h5-15,35H,16-17H2,1-4H3/b26-14-. The Balaban J connectivity index is 1.59. The lowest BCUT2D eigenvalue weighted by molar-refractivity contribution is -0.385. The average molecular weight is 505 g/mol. The van der Waals surface area contributed by atoms with E-state index in [1.165, 1.54) is 0 Å². The highest BCUT2D eigenvalue weighted by molar-refractivity contribution is 6.08. The van der Waals surface area contributed by atoms with Crippen molar-refractivity contribution in [2.75, 3.05) is 0 Å². The summed E-state index contributed by atoms with van der Waals surface area (Å²) in [6, 6.07) is 19.4. The molecule has 0 saturated carbocycles. The van der Waals surface area contributed by atoms with E-state index in [0.29, 0.717) is 40.2 Å². The first-order valence-electron chi connectivity index (χ1n) is 12.7. The number of furan rings is 1. The molecule has 1 N–H and O–H groups in total. The smallest absolute Gasteiger partial charge is 0.273 e. The zero-order valence-electron chi connectivity index (χ0n) is 21.8. The van der Waals surface area contributed by atoms with E-state index in [2.05, 4.69) is 32.0 Å². The number of benzene rings is 3. The Bertz CT molecular complexity index is 1910. The van der Waals surface area contributed by atoms with Gasteiger partial charge in [-0.05, 0) is 71.8 Å². The molecule has 1 aliphatic carbocycles. The van der Waals surface area contributed by atoms with E-state index < -0.39 is 0 Å². The van der Waals surface area contributed by atoms with Crippen LogP contribution in [0.15, 0.2) is 65.1 Å². The number of rotatable bonds is 3. The number of aliphatic hydroxyl groups excluding tert-OH is 1. The van der Waals surface area contributed by atoms with Gasteiger partial charge in [0.1, 0.15) is 17.3 Å². The predicted molar refractivity (Wildman–Crippen MR) is 150 cm³/mol. The monoisotopic (exact) mass is 504 g/mol. The summed E-state index contributed by atoms with van der Waals surface area (Å²) in [6.07, 6.45) is 3.23. The van der Waals surface area contributed by atoms with E-state index in [0.717, 1.165) is 44.4 Å². The molecule has 2 heterocycles. The first kappa shape index (κ1) is 23.9. The third-order valence-electron chi connectivity index (χ3n) is 7.51. The Hall–Kier alpha value is -4.45. The number of fused-ring (bicyclic) bond motifs is 5. The molecule has 0 atom stereocenters. The normalized spacial score (nSPS) is 15.3. The third-order valence-corrected chi connectivity index (χ3v) is 7.51. The number of nitrogens with zero attached hydrogens (tertiary/aromatic N) is 2. The molecule has 0 radical (unpaired) electrons. The van der Waals surface area contributed by atoms with Gasteiger partial charge in [-0.2, -0.15) is 0 Å². The molecular weight excluding hydrogens is 476 g/mol. The van der Waals surface area contributed by atoms with Gasteiger partial charge in [0.2, 0.25) is 0 Å². The van der Waals surface area contributed by atoms with E-state index >= 15 is 0 Å². The van der Waals surface area contributed by atoms with Crippen LogP contribution < -0.4 is 10.6 Å². The number of pyridine rings is 1. The van der Waals surface area contributed by atoms with Gasteiger partial charge in [-0.15, -0.1) is 0 Å². The SMILES string of the molecule is Cc1cc(C)c([N+](=O)[O-])cc1-c1ccc(/C=c2\nc3ccc4ccccc4c3c3c2=C(O)CC(C)(C)C3)o1. The molecule has 6 nitrogen and oxygen atoms in total. The van der Waals surface area contributed by atoms with Gasteiger partial charge >= 0.3 is 0 Å². The van der Waals surface area contributed by atoms with Crippen molar-refractivity contribution >= 4 is 39.2 Å². The summed E-state index contributed by atoms with van der Waals surface area (Å²) in [7, 11) is 0. The van der Waals surface area contributed by atoms with Crippen molar-refractivity contribution in [3.8, 4) is 11.3 Å². The molecule has 3 aromatic carbocycles. The van der Waals surface area contributed by atoms with Crippen molar-refractivity contribution in [2.24, 2.45) is 5.41 Å². The van der Waals surface area contributed by atoms with Crippen LogP contribution in [0.2, 0.25) is 0 Å². The summed E-state index contributed by atoms with van der Waals surface area (Å²) >= 11 is 0. The Morgan fingerprint density at radius 3 is 2.61 bits per heavy atom. The van der Waals surface area contributed by atoms with Crippen molar-refractivity contribution in [2.45, 2.75) is 40.5 Å². The van der Waals surface area contributed by atoms with Crippen LogP contribution >= 0.6 is 0 Å². The topological polar surface area (TPSA) is 89.4 Å². The molecule has 5 aromatic rings. The second kappa shape index (κ2) is 8.55. The quantitative estimate of drug-likeness (QED) is 0.169. The van der Waals surface area contributed by atoms with Gasteiger partial charge < -0.3 is 9.52 Å². The van der Waals surface area contributed by atoms with Crippen LogP contribution in [-0.4, -0.2) is 15.0 Å². The summed E-state index contributed by atoms with van der Waals surface area (Å²) in [5, 5.41) is 27.6. The summed E-state index contributed by atoms with van der Waals surface area (Å²) < 4.78 is 6.17. The van der Waals surface area contributed by atoms with Gasteiger partial charge in [-0.3, -0.25) is 10.1 Å². The minimum atomic E-state index is -0.372. The molecule has 38 heavy (non-hydrogen) atoms. The van der Waals surface area contributed by atoms with Gasteiger partial charge in [-0.1, -0.05) is 44.2 Å². The number of aryl methyl sites for hydroxylation is 2. The van der Waals surface area contributed by atoms with Crippen LogP contribution in [0.1, 0.15) is 42.7 Å². The van der Waals surface area contributed by atoms with Crippen molar-refractivity contribution in [1.82, 2.24) is 4.98 Å². The summed E-state index contributed by atoms with van der Waals surface area (Å²) in [4.78, 5) is 16.1. The van der Waals surface area contributed by atoms with Crippen LogP contribution in [-0.2, 0) is 6.42 Å². The van der Waals surface area contributed by atoms with E-state index in [1.54, 1.807) is 19.1 Å². The minimum absolute atomic E-state index is 0.0622. The molecule has 0 unspecified atom stereocenters. The summed E-state index contributed by atoms with van der Waals surface area (Å²) in [5.74, 6) is 1.45. The number of hydrogen-bond donors (Lipinski definition) is 1. The number of aliphatic hydroxyl groups is 1. The van der Waals surface area contributed by atoms with Crippen molar-refractivity contribution in [3.63, 3.8) is 0 Å². The van der Waals surface area contributed by atoms with Crippen molar-refractivity contribution in [3.05, 3.63) is 104 Å². The van der Waals surface area contributed by atoms with E-state index in [4.69, 9.17) is 9.40 Å². The Kier molecular flexibility index (Phi) is 5.38. The lowest BCUT2D eigenvalue weighted by Crippen LogP contribution is -2.40. The van der Waals surface area contributed by atoms with Crippen LogP contribution in [0.25, 0.3) is 44.8 Å². The molecular formula is C32H28N2O4. The molecule has 0 fully saturated rings. The zero-order valence-corrected chi connectivity index (χ0v) is 21.8. The summed E-state index contributed by atoms with van der Waals surface area (Å²) in [5.41, 5.74) is 4.14. The third kappa shape index (κ3) is 3.93. The first-order valence-corrected chi connectivity index (χ1v) is 12.7. The molecule has 0 amide bonds. The molecule has 6 heteroatoms. The number of hydrogen-bond acceptors (Lipinski definition) is 5. The zero-order chi connectivity index (χ0) is 26.8. The Labute approximate surface area is 219 Å². The van der Waals surface area contributed by atoms with Crippen LogP contribution in [0.3, 0.4) is 0 Å². The average Bonchev–Trinajstić information content (AvgIpc) is 3.30. The molecule has 0 saturated heterocycles. The fourth-order valence-corrected chi connectivity index (χ4v) is 5.83. The molecule has 0 spiro atoms. The highest BCUT2D eigenvalue weighted by Gasteiger charge is 2.29. The fourth-order valence-electron chi connectivity index (χ4n) is 5.83. The first-order chi connectivity index (χ1) is 18.1.